The van der Waals surface area contributed by atoms with Gasteiger partial charge in [-0.25, -0.2) is 9.69 Å². The van der Waals surface area contributed by atoms with Crippen LogP contribution in [-0.2, 0) is 14.4 Å². The minimum atomic E-state index is -0.923. The molecule has 1 heterocycles. The maximum Gasteiger partial charge on any atom is 0.334 e. The van der Waals surface area contributed by atoms with Gasteiger partial charge in [-0.15, -0.1) is 0 Å². The Morgan fingerprint density at radius 1 is 1.12 bits per heavy atom. The molecule has 1 aliphatic carbocycles. The average molecular weight is 357 g/mol. The van der Waals surface area contributed by atoms with E-state index in [2.05, 4.69) is 5.32 Å². The Balaban J connectivity index is 1.71. The fourth-order valence-electron chi connectivity index (χ4n) is 3.68. The van der Waals surface area contributed by atoms with Crippen LogP contribution in [0.5, 0.6) is 0 Å². The minimum absolute atomic E-state index is 0.158. The number of carbonyl (C=O) groups is 4. The molecule has 2 atom stereocenters. The molecule has 0 aromatic heterocycles. The van der Waals surface area contributed by atoms with E-state index in [1.54, 1.807) is 12.1 Å². The molecule has 138 valence electrons. The second-order valence-electron chi connectivity index (χ2n) is 7.04. The summed E-state index contributed by atoms with van der Waals surface area (Å²) >= 11 is 0. The predicted octanol–water partition coefficient (Wildman–Crippen LogP) is 2.30. The van der Waals surface area contributed by atoms with Crippen LogP contribution < -0.4 is 5.32 Å². The summed E-state index contributed by atoms with van der Waals surface area (Å²) in [7, 11) is 0. The second kappa shape index (κ2) is 7.27. The first kappa shape index (κ1) is 18.1. The standard InChI is InChI=1S/C19H23N3O4/c1-12-7-3-5-9-14(12)20-16(23)11-21-17(24)18(25)22(19(21)26)15-10-6-4-8-13(15)2/h3,5,7,9,13,15H,4,6,8,10-11H2,1-2H3,(H,20,23)/t13-,15+/m0/s1. The molecule has 0 radical (unpaired) electrons. The van der Waals surface area contributed by atoms with Crippen molar-refractivity contribution in [1.29, 1.82) is 0 Å². The Morgan fingerprint density at radius 2 is 1.81 bits per heavy atom. The van der Waals surface area contributed by atoms with E-state index in [-0.39, 0.29) is 12.0 Å². The van der Waals surface area contributed by atoms with Crippen molar-refractivity contribution in [3.05, 3.63) is 29.8 Å². The average Bonchev–Trinajstić information content (AvgIpc) is 2.81. The molecule has 5 amide bonds. The van der Waals surface area contributed by atoms with Gasteiger partial charge in [0.1, 0.15) is 6.54 Å². The zero-order valence-electron chi connectivity index (χ0n) is 15.0. The molecule has 1 aliphatic heterocycles. The van der Waals surface area contributed by atoms with Crippen LogP contribution in [0.2, 0.25) is 0 Å². The quantitative estimate of drug-likeness (QED) is 0.662. The first-order valence-electron chi connectivity index (χ1n) is 8.94. The number of hydrogen-bond acceptors (Lipinski definition) is 4. The van der Waals surface area contributed by atoms with E-state index in [1.165, 1.54) is 0 Å². The van der Waals surface area contributed by atoms with Crippen molar-refractivity contribution < 1.29 is 19.2 Å². The second-order valence-corrected chi connectivity index (χ2v) is 7.04. The van der Waals surface area contributed by atoms with Gasteiger partial charge in [-0.1, -0.05) is 38.0 Å². The molecule has 0 spiro atoms. The Kier molecular flexibility index (Phi) is 5.06. The van der Waals surface area contributed by atoms with E-state index in [0.29, 0.717) is 12.1 Å². The van der Waals surface area contributed by atoms with Gasteiger partial charge in [0.2, 0.25) is 5.91 Å². The molecule has 3 rings (SSSR count). The summed E-state index contributed by atoms with van der Waals surface area (Å²) in [4.78, 5) is 51.4. The lowest BCUT2D eigenvalue weighted by atomic mass is 9.85. The molecule has 7 nitrogen and oxygen atoms in total. The molecule has 1 saturated heterocycles. The third-order valence-corrected chi connectivity index (χ3v) is 5.20. The van der Waals surface area contributed by atoms with Gasteiger partial charge in [0.15, 0.2) is 0 Å². The molecule has 1 saturated carbocycles. The molecule has 7 heteroatoms. The van der Waals surface area contributed by atoms with Crippen LogP contribution in [0, 0.1) is 12.8 Å². The number of nitrogens with one attached hydrogen (secondary N) is 1. The Bertz CT molecular complexity index is 761. The zero-order chi connectivity index (χ0) is 18.8. The molecular formula is C19H23N3O4. The summed E-state index contributed by atoms with van der Waals surface area (Å²) in [6, 6.07) is 6.26. The van der Waals surface area contributed by atoms with Gasteiger partial charge in [0.25, 0.3) is 0 Å². The number of amides is 5. The van der Waals surface area contributed by atoms with Crippen molar-refractivity contribution in [2.75, 3.05) is 11.9 Å². The van der Waals surface area contributed by atoms with E-state index >= 15 is 0 Å². The van der Waals surface area contributed by atoms with Crippen LogP contribution in [0.3, 0.4) is 0 Å². The van der Waals surface area contributed by atoms with Crippen LogP contribution in [0.15, 0.2) is 24.3 Å². The van der Waals surface area contributed by atoms with Gasteiger partial charge in [0, 0.05) is 11.7 Å². The van der Waals surface area contributed by atoms with Crippen LogP contribution in [-0.4, -0.2) is 46.1 Å². The van der Waals surface area contributed by atoms with E-state index in [4.69, 9.17) is 0 Å². The summed E-state index contributed by atoms with van der Waals surface area (Å²) in [5.41, 5.74) is 1.48. The van der Waals surface area contributed by atoms with E-state index in [9.17, 15) is 19.2 Å². The molecular weight excluding hydrogens is 334 g/mol. The number of nitrogens with zero attached hydrogens (tertiary/aromatic N) is 2. The van der Waals surface area contributed by atoms with Crippen LogP contribution in [0.1, 0.15) is 38.2 Å². The van der Waals surface area contributed by atoms with Gasteiger partial charge in [-0.05, 0) is 37.3 Å². The Hall–Kier alpha value is -2.70. The SMILES string of the molecule is Cc1ccccc1NC(=O)CN1C(=O)C(=O)N([C@@H]2CCCC[C@@H]2C)C1=O. The van der Waals surface area contributed by atoms with Crippen molar-refractivity contribution in [2.45, 2.75) is 45.6 Å². The highest BCUT2D eigenvalue weighted by Gasteiger charge is 2.49. The number of imide groups is 2. The molecule has 1 N–H and O–H groups in total. The number of hydrogen-bond donors (Lipinski definition) is 1. The van der Waals surface area contributed by atoms with Crippen molar-refractivity contribution in [3.8, 4) is 0 Å². The fourth-order valence-corrected chi connectivity index (χ4v) is 3.68. The van der Waals surface area contributed by atoms with E-state index < -0.39 is 30.3 Å². The number of aryl methyl sites for hydroxylation is 1. The number of benzene rings is 1. The molecule has 2 fully saturated rings. The minimum Gasteiger partial charge on any atom is -0.324 e. The van der Waals surface area contributed by atoms with Crippen LogP contribution in [0.25, 0.3) is 0 Å². The summed E-state index contributed by atoms with van der Waals surface area (Å²) in [5.74, 6) is -2.09. The molecule has 1 aromatic rings. The zero-order valence-corrected chi connectivity index (χ0v) is 15.0. The van der Waals surface area contributed by atoms with Crippen molar-refractivity contribution >= 4 is 29.4 Å². The number of urea groups is 1. The Morgan fingerprint density at radius 3 is 2.50 bits per heavy atom. The third-order valence-electron chi connectivity index (χ3n) is 5.20. The van der Waals surface area contributed by atoms with Crippen LogP contribution in [0.4, 0.5) is 10.5 Å². The molecule has 0 bridgehead atoms. The van der Waals surface area contributed by atoms with Gasteiger partial charge in [-0.2, -0.15) is 0 Å². The summed E-state index contributed by atoms with van der Waals surface area (Å²) in [6.07, 6.45) is 3.61. The molecule has 0 unspecified atom stereocenters. The highest BCUT2D eigenvalue weighted by atomic mass is 16.2. The van der Waals surface area contributed by atoms with Gasteiger partial charge < -0.3 is 5.32 Å². The third kappa shape index (κ3) is 3.34. The van der Waals surface area contributed by atoms with Gasteiger partial charge in [-0.3, -0.25) is 19.3 Å². The van der Waals surface area contributed by atoms with Crippen molar-refractivity contribution in [2.24, 2.45) is 5.92 Å². The largest absolute Gasteiger partial charge is 0.334 e. The lowest BCUT2D eigenvalue weighted by Crippen LogP contribution is -2.46. The summed E-state index contributed by atoms with van der Waals surface area (Å²) in [5, 5.41) is 2.68. The van der Waals surface area contributed by atoms with E-state index in [0.717, 1.165) is 34.6 Å². The molecule has 26 heavy (non-hydrogen) atoms. The van der Waals surface area contributed by atoms with Gasteiger partial charge in [0.05, 0.1) is 0 Å². The first-order chi connectivity index (χ1) is 12.4. The monoisotopic (exact) mass is 357 g/mol. The highest BCUT2D eigenvalue weighted by Crippen LogP contribution is 2.31. The fraction of sp³-hybridized carbons (Fsp3) is 0.474. The number of para-hydroxylation sites is 1. The smallest absolute Gasteiger partial charge is 0.324 e. The first-order valence-corrected chi connectivity index (χ1v) is 8.94. The summed E-state index contributed by atoms with van der Waals surface area (Å²) < 4.78 is 0. The highest BCUT2D eigenvalue weighted by molar-refractivity contribution is 6.45. The normalized spacial score (nSPS) is 23.5. The maximum atomic E-state index is 12.7. The lowest BCUT2D eigenvalue weighted by Gasteiger charge is -2.34. The maximum absolute atomic E-state index is 12.7. The molecule has 2 aliphatic rings. The van der Waals surface area contributed by atoms with E-state index in [1.807, 2.05) is 26.0 Å². The lowest BCUT2D eigenvalue weighted by molar-refractivity contribution is -0.145. The van der Waals surface area contributed by atoms with Crippen molar-refractivity contribution in [1.82, 2.24) is 9.80 Å². The predicted molar refractivity (Wildman–Crippen MR) is 95.2 cm³/mol. The topological polar surface area (TPSA) is 86.8 Å². The Labute approximate surface area is 152 Å². The van der Waals surface area contributed by atoms with Crippen molar-refractivity contribution in [3.63, 3.8) is 0 Å². The summed E-state index contributed by atoms with van der Waals surface area (Å²) in [6.45, 7) is 3.37. The number of rotatable bonds is 4. The molecule has 1 aromatic carbocycles. The van der Waals surface area contributed by atoms with Gasteiger partial charge >= 0.3 is 17.8 Å². The number of anilines is 1. The number of carbonyl (C=O) groups excluding carboxylic acids is 4. The van der Waals surface area contributed by atoms with Crippen LogP contribution >= 0.6 is 0 Å².